The normalized spacial score (nSPS) is 12.3. The van der Waals surface area contributed by atoms with Crippen molar-refractivity contribution < 1.29 is 4.74 Å². The molecule has 0 amide bonds. The number of hydrogen-bond acceptors (Lipinski definition) is 4. The summed E-state index contributed by atoms with van der Waals surface area (Å²) in [5, 5.41) is 7.02. The monoisotopic (exact) mass is 260 g/mol. The molecule has 5 heteroatoms. The number of unbranched alkanes of at least 4 members (excludes halogenated alkanes) is 1. The third-order valence-corrected chi connectivity index (χ3v) is 3.21. The van der Waals surface area contributed by atoms with Crippen LogP contribution in [-0.4, -0.2) is 22.3 Å². The molecule has 2 aromatic heterocycles. The predicted octanol–water partition coefficient (Wildman–Crippen LogP) is 2.72. The lowest BCUT2D eigenvalue weighted by atomic mass is 9.91. The van der Waals surface area contributed by atoms with Gasteiger partial charge in [-0.3, -0.25) is 5.10 Å². The zero-order valence-corrected chi connectivity index (χ0v) is 11.4. The van der Waals surface area contributed by atoms with E-state index < -0.39 is 0 Å². The van der Waals surface area contributed by atoms with Gasteiger partial charge in [-0.05, 0) is 12.5 Å². The highest BCUT2D eigenvalue weighted by Crippen LogP contribution is 2.33. The molecule has 0 aliphatic rings. The van der Waals surface area contributed by atoms with Crippen LogP contribution in [0.3, 0.4) is 0 Å². The van der Waals surface area contributed by atoms with Crippen molar-refractivity contribution in [2.45, 2.75) is 32.1 Å². The van der Waals surface area contributed by atoms with Gasteiger partial charge in [-0.25, -0.2) is 4.98 Å². The number of nitrogens with two attached hydrogens (primary N) is 1. The lowest BCUT2D eigenvalue weighted by Crippen LogP contribution is -2.05. The van der Waals surface area contributed by atoms with Crippen LogP contribution in [-0.2, 0) is 0 Å². The van der Waals surface area contributed by atoms with Gasteiger partial charge in [0.25, 0.3) is 0 Å². The van der Waals surface area contributed by atoms with Gasteiger partial charge in [0.2, 0.25) is 5.88 Å². The summed E-state index contributed by atoms with van der Waals surface area (Å²) in [7, 11) is 1.64. The minimum atomic E-state index is 0.188. The SMILES string of the molecule is CCCCC(c1cc(N)n[nH]1)c1cccnc1OC. The minimum absolute atomic E-state index is 0.188. The third kappa shape index (κ3) is 3.05. The molecule has 2 aromatic rings. The van der Waals surface area contributed by atoms with Gasteiger partial charge >= 0.3 is 0 Å². The zero-order valence-electron chi connectivity index (χ0n) is 11.4. The average Bonchev–Trinajstić information content (AvgIpc) is 2.86. The Morgan fingerprint density at radius 2 is 2.32 bits per heavy atom. The molecule has 0 aromatic carbocycles. The summed E-state index contributed by atoms with van der Waals surface area (Å²) in [5.41, 5.74) is 7.79. The number of nitrogens with one attached hydrogen (secondary N) is 1. The Morgan fingerprint density at radius 3 is 2.95 bits per heavy atom. The molecule has 0 saturated carbocycles. The zero-order chi connectivity index (χ0) is 13.7. The van der Waals surface area contributed by atoms with Crippen molar-refractivity contribution in [1.82, 2.24) is 15.2 Å². The highest BCUT2D eigenvalue weighted by atomic mass is 16.5. The molecule has 5 nitrogen and oxygen atoms in total. The fourth-order valence-corrected chi connectivity index (χ4v) is 2.26. The van der Waals surface area contributed by atoms with Crippen LogP contribution in [0.25, 0.3) is 0 Å². The molecule has 0 aliphatic carbocycles. The third-order valence-electron chi connectivity index (χ3n) is 3.21. The van der Waals surface area contributed by atoms with E-state index >= 15 is 0 Å². The number of H-pyrrole nitrogens is 1. The molecule has 0 spiro atoms. The topological polar surface area (TPSA) is 76.8 Å². The quantitative estimate of drug-likeness (QED) is 0.837. The molecular formula is C14H20N4O. The van der Waals surface area contributed by atoms with Crippen LogP contribution in [0.15, 0.2) is 24.4 Å². The van der Waals surface area contributed by atoms with Crippen LogP contribution in [0.2, 0.25) is 0 Å². The first-order chi connectivity index (χ1) is 9.26. The summed E-state index contributed by atoms with van der Waals surface area (Å²) >= 11 is 0. The van der Waals surface area contributed by atoms with E-state index in [1.54, 1.807) is 13.3 Å². The first-order valence-electron chi connectivity index (χ1n) is 6.56. The molecule has 0 fully saturated rings. The van der Waals surface area contributed by atoms with Crippen LogP contribution in [0, 0.1) is 0 Å². The number of rotatable bonds is 6. The lowest BCUT2D eigenvalue weighted by Gasteiger charge is -2.17. The van der Waals surface area contributed by atoms with Gasteiger partial charge in [-0.15, -0.1) is 0 Å². The van der Waals surface area contributed by atoms with Crippen molar-refractivity contribution in [2.24, 2.45) is 0 Å². The maximum Gasteiger partial charge on any atom is 0.216 e. The van der Waals surface area contributed by atoms with Crippen molar-refractivity contribution in [3.63, 3.8) is 0 Å². The van der Waals surface area contributed by atoms with Crippen molar-refractivity contribution in [1.29, 1.82) is 0 Å². The Kier molecular flexibility index (Phi) is 4.39. The van der Waals surface area contributed by atoms with E-state index in [1.165, 1.54) is 0 Å². The van der Waals surface area contributed by atoms with Gasteiger partial charge in [0.15, 0.2) is 0 Å². The molecule has 3 N–H and O–H groups in total. The van der Waals surface area contributed by atoms with Gasteiger partial charge in [0.1, 0.15) is 5.82 Å². The highest BCUT2D eigenvalue weighted by molar-refractivity contribution is 5.39. The summed E-state index contributed by atoms with van der Waals surface area (Å²) in [6.07, 6.45) is 5.02. The maximum absolute atomic E-state index is 5.70. The van der Waals surface area contributed by atoms with Gasteiger partial charge in [-0.1, -0.05) is 25.8 Å². The molecule has 2 heterocycles. The molecule has 1 atom stereocenters. The fraction of sp³-hybridized carbons (Fsp3) is 0.429. The summed E-state index contributed by atoms with van der Waals surface area (Å²) in [5.74, 6) is 1.37. The Hall–Kier alpha value is -2.04. The molecular weight excluding hydrogens is 240 g/mol. The summed E-state index contributed by atoms with van der Waals surface area (Å²) in [6.45, 7) is 2.18. The first-order valence-corrected chi connectivity index (χ1v) is 6.56. The van der Waals surface area contributed by atoms with E-state index in [1.807, 2.05) is 18.2 Å². The summed E-state index contributed by atoms with van der Waals surface area (Å²) in [6, 6.07) is 5.85. The van der Waals surface area contributed by atoms with E-state index in [4.69, 9.17) is 10.5 Å². The molecule has 19 heavy (non-hydrogen) atoms. The molecule has 0 aliphatic heterocycles. The second kappa shape index (κ2) is 6.22. The summed E-state index contributed by atoms with van der Waals surface area (Å²) < 4.78 is 5.36. The maximum atomic E-state index is 5.70. The van der Waals surface area contributed by atoms with Crippen molar-refractivity contribution >= 4 is 5.82 Å². The fourth-order valence-electron chi connectivity index (χ4n) is 2.26. The van der Waals surface area contributed by atoms with E-state index in [-0.39, 0.29) is 5.92 Å². The van der Waals surface area contributed by atoms with Gasteiger partial charge < -0.3 is 10.5 Å². The minimum Gasteiger partial charge on any atom is -0.481 e. The Labute approximate surface area is 113 Å². The van der Waals surface area contributed by atoms with Gasteiger partial charge in [0, 0.05) is 29.4 Å². The first kappa shape index (κ1) is 13.4. The van der Waals surface area contributed by atoms with Gasteiger partial charge in [-0.2, -0.15) is 5.10 Å². The number of anilines is 1. The largest absolute Gasteiger partial charge is 0.481 e. The molecule has 0 bridgehead atoms. The molecule has 2 rings (SSSR count). The number of ether oxygens (including phenoxy) is 1. The van der Waals surface area contributed by atoms with Crippen LogP contribution in [0.1, 0.15) is 43.4 Å². The van der Waals surface area contributed by atoms with E-state index in [0.29, 0.717) is 11.7 Å². The van der Waals surface area contributed by atoms with Crippen molar-refractivity contribution in [2.75, 3.05) is 12.8 Å². The van der Waals surface area contributed by atoms with Crippen molar-refractivity contribution in [3.05, 3.63) is 35.7 Å². The summed E-state index contributed by atoms with van der Waals surface area (Å²) in [4.78, 5) is 4.27. The van der Waals surface area contributed by atoms with E-state index in [2.05, 4.69) is 22.1 Å². The van der Waals surface area contributed by atoms with Crippen molar-refractivity contribution in [3.8, 4) is 5.88 Å². The smallest absolute Gasteiger partial charge is 0.216 e. The number of methoxy groups -OCH3 is 1. The van der Waals surface area contributed by atoms with Crippen LogP contribution in [0.4, 0.5) is 5.82 Å². The number of nitrogens with zero attached hydrogens (tertiary/aromatic N) is 2. The Morgan fingerprint density at radius 1 is 1.47 bits per heavy atom. The molecule has 1 unspecified atom stereocenters. The average molecular weight is 260 g/mol. The predicted molar refractivity (Wildman–Crippen MR) is 75.2 cm³/mol. The highest BCUT2D eigenvalue weighted by Gasteiger charge is 2.20. The van der Waals surface area contributed by atoms with Crippen LogP contribution >= 0.6 is 0 Å². The Balaban J connectivity index is 2.36. The van der Waals surface area contributed by atoms with E-state index in [9.17, 15) is 0 Å². The lowest BCUT2D eigenvalue weighted by molar-refractivity contribution is 0.388. The molecule has 0 saturated heterocycles. The second-order valence-corrected chi connectivity index (χ2v) is 4.54. The Bertz CT molecular complexity index is 524. The van der Waals surface area contributed by atoms with Gasteiger partial charge in [0.05, 0.1) is 7.11 Å². The number of pyridine rings is 1. The number of hydrogen-bond donors (Lipinski definition) is 2. The van der Waals surface area contributed by atoms with Crippen LogP contribution in [0.5, 0.6) is 5.88 Å². The number of nitrogen functional groups attached to an aromatic ring is 1. The standard InChI is InChI=1S/C14H20N4O/c1-3-4-6-10(12-9-13(15)18-17-12)11-7-5-8-16-14(11)19-2/h5,7-10H,3-4,6H2,1-2H3,(H3,15,17,18). The van der Waals surface area contributed by atoms with Crippen LogP contribution < -0.4 is 10.5 Å². The van der Waals surface area contributed by atoms with E-state index in [0.717, 1.165) is 30.5 Å². The molecule has 102 valence electrons. The number of aromatic nitrogens is 3. The second-order valence-electron chi connectivity index (χ2n) is 4.54. The molecule has 0 radical (unpaired) electrons. The number of aromatic amines is 1.